The zero-order chi connectivity index (χ0) is 14.3. The quantitative estimate of drug-likeness (QED) is 0.700. The first kappa shape index (κ1) is 13.6. The van der Waals surface area contributed by atoms with Crippen molar-refractivity contribution in [3.05, 3.63) is 69.1 Å². The van der Waals surface area contributed by atoms with Crippen molar-refractivity contribution >= 4 is 38.5 Å². The van der Waals surface area contributed by atoms with E-state index in [2.05, 4.69) is 15.9 Å². The highest BCUT2D eigenvalue weighted by Gasteiger charge is 2.18. The van der Waals surface area contributed by atoms with Gasteiger partial charge in [0.05, 0.1) is 11.1 Å². The van der Waals surface area contributed by atoms with Gasteiger partial charge in [-0.15, -0.1) is 0 Å². The van der Waals surface area contributed by atoms with Crippen LogP contribution in [0.1, 0.15) is 17.4 Å². The minimum absolute atomic E-state index is 0.376. The molecule has 0 fully saturated rings. The van der Waals surface area contributed by atoms with Crippen molar-refractivity contribution in [3.63, 3.8) is 0 Å². The molecule has 102 valence electrons. The monoisotopic (exact) mass is 353 g/mol. The van der Waals surface area contributed by atoms with Crippen LogP contribution < -0.4 is 5.73 Å². The summed E-state index contributed by atoms with van der Waals surface area (Å²) in [6.45, 7) is 0. The lowest BCUT2D eigenvalue weighted by atomic mass is 10.0. The standard InChI is InChI=1S/C15H10BrClFNO/c16-8-4-5-9(12(18)6-8)15(19)14-7-10-11(17)2-1-3-13(10)20-14/h1-7,15H,19H2. The van der Waals surface area contributed by atoms with Crippen LogP contribution in [0.4, 0.5) is 4.39 Å². The smallest absolute Gasteiger partial charge is 0.135 e. The maximum Gasteiger partial charge on any atom is 0.135 e. The van der Waals surface area contributed by atoms with Crippen molar-refractivity contribution in [1.82, 2.24) is 0 Å². The molecule has 2 aromatic carbocycles. The lowest BCUT2D eigenvalue weighted by Gasteiger charge is -2.10. The molecule has 0 bridgehead atoms. The normalized spacial score (nSPS) is 12.8. The number of hydrogen-bond acceptors (Lipinski definition) is 2. The second-order valence-electron chi connectivity index (χ2n) is 4.44. The number of benzene rings is 2. The van der Waals surface area contributed by atoms with Crippen molar-refractivity contribution in [3.8, 4) is 0 Å². The number of halogens is 3. The van der Waals surface area contributed by atoms with Gasteiger partial charge in [0.2, 0.25) is 0 Å². The lowest BCUT2D eigenvalue weighted by molar-refractivity contribution is 0.510. The Hall–Kier alpha value is -1.36. The van der Waals surface area contributed by atoms with Crippen LogP contribution in [-0.2, 0) is 0 Å². The fourth-order valence-electron chi connectivity index (χ4n) is 2.11. The van der Waals surface area contributed by atoms with Crippen molar-refractivity contribution in [2.45, 2.75) is 6.04 Å². The van der Waals surface area contributed by atoms with Gasteiger partial charge in [0.25, 0.3) is 0 Å². The Balaban J connectivity index is 2.08. The largest absolute Gasteiger partial charge is 0.459 e. The van der Waals surface area contributed by atoms with Gasteiger partial charge in [-0.2, -0.15) is 0 Å². The van der Waals surface area contributed by atoms with Gasteiger partial charge in [-0.1, -0.05) is 39.7 Å². The molecule has 0 saturated carbocycles. The van der Waals surface area contributed by atoms with E-state index in [9.17, 15) is 4.39 Å². The number of rotatable bonds is 2. The molecular formula is C15H10BrClFNO. The number of fused-ring (bicyclic) bond motifs is 1. The van der Waals surface area contributed by atoms with Gasteiger partial charge in [0.1, 0.15) is 17.2 Å². The van der Waals surface area contributed by atoms with Gasteiger partial charge in [-0.05, 0) is 30.3 Å². The molecule has 1 heterocycles. The third-order valence-electron chi connectivity index (χ3n) is 3.13. The molecule has 1 atom stereocenters. The van der Waals surface area contributed by atoms with Gasteiger partial charge in [-0.3, -0.25) is 0 Å². The zero-order valence-corrected chi connectivity index (χ0v) is 12.6. The predicted molar refractivity (Wildman–Crippen MR) is 81.4 cm³/mol. The van der Waals surface area contributed by atoms with Crippen LogP contribution in [-0.4, -0.2) is 0 Å². The van der Waals surface area contributed by atoms with Crippen LogP contribution in [0.3, 0.4) is 0 Å². The first-order valence-electron chi connectivity index (χ1n) is 5.95. The highest BCUT2D eigenvalue weighted by atomic mass is 79.9. The Labute approximate surface area is 128 Å². The summed E-state index contributed by atoms with van der Waals surface area (Å²) in [6.07, 6.45) is 0. The van der Waals surface area contributed by atoms with E-state index in [1.165, 1.54) is 6.07 Å². The summed E-state index contributed by atoms with van der Waals surface area (Å²) in [5.41, 5.74) is 7.11. The van der Waals surface area contributed by atoms with E-state index in [-0.39, 0.29) is 5.82 Å². The summed E-state index contributed by atoms with van der Waals surface area (Å²) in [7, 11) is 0. The maximum absolute atomic E-state index is 13.9. The molecule has 0 aliphatic heterocycles. The predicted octanol–water partition coefficient (Wildman–Crippen LogP) is 5.04. The Bertz CT molecular complexity index is 787. The van der Waals surface area contributed by atoms with Crippen LogP contribution >= 0.6 is 27.5 Å². The molecule has 0 spiro atoms. The molecule has 3 aromatic rings. The Kier molecular flexibility index (Phi) is 3.54. The van der Waals surface area contributed by atoms with Gasteiger partial charge in [0, 0.05) is 15.4 Å². The van der Waals surface area contributed by atoms with Crippen LogP contribution in [0.5, 0.6) is 0 Å². The first-order valence-corrected chi connectivity index (χ1v) is 7.12. The molecule has 2 nitrogen and oxygen atoms in total. The average Bonchev–Trinajstić information content (AvgIpc) is 2.83. The summed E-state index contributed by atoms with van der Waals surface area (Å²) in [5, 5.41) is 1.36. The number of hydrogen-bond donors (Lipinski definition) is 1. The molecule has 0 radical (unpaired) electrons. The lowest BCUT2D eigenvalue weighted by Crippen LogP contribution is -2.12. The van der Waals surface area contributed by atoms with Gasteiger partial charge in [0.15, 0.2) is 0 Å². The van der Waals surface area contributed by atoms with Crippen molar-refractivity contribution in [1.29, 1.82) is 0 Å². The number of nitrogens with two attached hydrogens (primary N) is 1. The Morgan fingerprint density at radius 2 is 2.00 bits per heavy atom. The molecular weight excluding hydrogens is 345 g/mol. The third kappa shape index (κ3) is 2.35. The molecule has 0 amide bonds. The van der Waals surface area contributed by atoms with Crippen molar-refractivity contribution in [2.75, 3.05) is 0 Å². The topological polar surface area (TPSA) is 39.2 Å². The average molecular weight is 355 g/mol. The van der Waals surface area contributed by atoms with Crippen molar-refractivity contribution < 1.29 is 8.81 Å². The Morgan fingerprint density at radius 3 is 2.70 bits per heavy atom. The summed E-state index contributed by atoms with van der Waals surface area (Å²) >= 11 is 9.31. The van der Waals surface area contributed by atoms with Gasteiger partial charge in [-0.25, -0.2) is 4.39 Å². The van der Waals surface area contributed by atoms with Gasteiger partial charge >= 0.3 is 0 Å². The summed E-state index contributed by atoms with van der Waals surface area (Å²) in [4.78, 5) is 0. The second-order valence-corrected chi connectivity index (χ2v) is 5.77. The Morgan fingerprint density at radius 1 is 1.20 bits per heavy atom. The van der Waals surface area contributed by atoms with Crippen LogP contribution in [0.15, 0.2) is 51.4 Å². The van der Waals surface area contributed by atoms with E-state index in [0.717, 1.165) is 5.39 Å². The molecule has 0 saturated heterocycles. The number of furan rings is 1. The molecule has 0 aliphatic rings. The molecule has 0 aliphatic carbocycles. The molecule has 5 heteroatoms. The molecule has 2 N–H and O–H groups in total. The first-order chi connectivity index (χ1) is 9.56. The van der Waals surface area contributed by atoms with Crippen molar-refractivity contribution in [2.24, 2.45) is 5.73 Å². The summed E-state index contributed by atoms with van der Waals surface area (Å²) in [5.74, 6) is 0.104. The maximum atomic E-state index is 13.9. The molecule has 3 rings (SSSR count). The van der Waals surface area contributed by atoms with E-state index in [4.69, 9.17) is 21.8 Å². The molecule has 1 aromatic heterocycles. The minimum Gasteiger partial charge on any atom is -0.459 e. The molecule has 20 heavy (non-hydrogen) atoms. The van der Waals surface area contributed by atoms with Crippen LogP contribution in [0.25, 0.3) is 11.0 Å². The van der Waals surface area contributed by atoms with Crippen LogP contribution in [0, 0.1) is 5.82 Å². The minimum atomic E-state index is -0.674. The van der Waals surface area contributed by atoms with E-state index < -0.39 is 6.04 Å². The summed E-state index contributed by atoms with van der Waals surface area (Å²) in [6, 6.07) is 11.2. The SMILES string of the molecule is NC(c1cc2c(Cl)cccc2o1)c1ccc(Br)cc1F. The van der Waals surface area contributed by atoms with E-state index >= 15 is 0 Å². The third-order valence-corrected chi connectivity index (χ3v) is 3.95. The fraction of sp³-hybridized carbons (Fsp3) is 0.0667. The van der Waals surface area contributed by atoms with E-state index in [1.54, 1.807) is 36.4 Å². The highest BCUT2D eigenvalue weighted by Crippen LogP contribution is 2.32. The molecule has 1 unspecified atom stereocenters. The highest BCUT2D eigenvalue weighted by molar-refractivity contribution is 9.10. The second kappa shape index (κ2) is 5.20. The van der Waals surface area contributed by atoms with E-state index in [0.29, 0.717) is 26.4 Å². The van der Waals surface area contributed by atoms with Crippen LogP contribution in [0.2, 0.25) is 5.02 Å². The summed E-state index contributed by atoms with van der Waals surface area (Å²) < 4.78 is 20.3. The van der Waals surface area contributed by atoms with E-state index in [1.807, 2.05) is 0 Å². The fourth-order valence-corrected chi connectivity index (χ4v) is 2.66. The zero-order valence-electron chi connectivity index (χ0n) is 10.2. The van der Waals surface area contributed by atoms with Gasteiger partial charge < -0.3 is 10.2 Å².